The number of hydrogen-bond acceptors (Lipinski definition) is 8. The molecule has 0 atom stereocenters. The molecule has 10 heteroatoms. The average Bonchev–Trinajstić information content (AvgIpc) is 2.85. The van der Waals surface area contributed by atoms with Crippen LogP contribution in [0.25, 0.3) is 0 Å². The molecule has 9 nitrogen and oxygen atoms in total. The molecule has 0 radical (unpaired) electrons. The first-order chi connectivity index (χ1) is 16.6. The Morgan fingerprint density at radius 3 is 2.62 bits per heavy atom. The lowest BCUT2D eigenvalue weighted by atomic mass is 10.1. The standard InChI is InChI=1S/C24H27FN8O/c1-2-12-27-23(34)19-15-28-24(30-17-8-6-16(25)7-9-17)33-22(19)32-21-5-3-4-20(31-21)29-18-10-13-26-14-11-18/h2-9,15,18,26H,1,10-14H2,(H,27,34)(H3,28,29,30,31,32,33). The highest BCUT2D eigenvalue weighted by Crippen LogP contribution is 2.22. The fourth-order valence-electron chi connectivity index (χ4n) is 3.51. The van der Waals surface area contributed by atoms with E-state index in [-0.39, 0.29) is 29.1 Å². The molecule has 1 aliphatic heterocycles. The van der Waals surface area contributed by atoms with Crippen LogP contribution in [0, 0.1) is 5.82 Å². The summed E-state index contributed by atoms with van der Waals surface area (Å²) in [5.74, 6) is 1.12. The Balaban J connectivity index is 1.57. The van der Waals surface area contributed by atoms with E-state index in [1.54, 1.807) is 24.3 Å². The molecule has 0 unspecified atom stereocenters. The van der Waals surface area contributed by atoms with E-state index in [1.807, 2.05) is 12.1 Å². The van der Waals surface area contributed by atoms with E-state index < -0.39 is 0 Å². The number of nitrogens with one attached hydrogen (secondary N) is 5. The Hall–Kier alpha value is -4.05. The summed E-state index contributed by atoms with van der Waals surface area (Å²) in [4.78, 5) is 26.0. The number of carbonyl (C=O) groups is 1. The second kappa shape index (κ2) is 11.2. The highest BCUT2D eigenvalue weighted by Gasteiger charge is 2.17. The minimum atomic E-state index is -0.347. The van der Waals surface area contributed by atoms with E-state index in [0.717, 1.165) is 31.7 Å². The lowest BCUT2D eigenvalue weighted by Crippen LogP contribution is -2.35. The zero-order chi connectivity index (χ0) is 23.8. The first-order valence-corrected chi connectivity index (χ1v) is 11.1. The molecule has 3 heterocycles. The van der Waals surface area contributed by atoms with Crippen molar-refractivity contribution in [1.29, 1.82) is 0 Å². The van der Waals surface area contributed by atoms with Crippen LogP contribution in [0.1, 0.15) is 23.2 Å². The molecule has 1 amide bonds. The summed E-state index contributed by atoms with van der Waals surface area (Å²) >= 11 is 0. The van der Waals surface area contributed by atoms with Crippen molar-refractivity contribution in [1.82, 2.24) is 25.6 Å². The van der Waals surface area contributed by atoms with Crippen molar-refractivity contribution >= 4 is 35.0 Å². The number of piperidine rings is 1. The smallest absolute Gasteiger partial charge is 0.256 e. The second-order valence-corrected chi connectivity index (χ2v) is 7.79. The third-order valence-corrected chi connectivity index (χ3v) is 5.23. The third-order valence-electron chi connectivity index (χ3n) is 5.23. The third kappa shape index (κ3) is 6.26. The molecule has 5 N–H and O–H groups in total. The van der Waals surface area contributed by atoms with Gasteiger partial charge in [0.2, 0.25) is 5.95 Å². The van der Waals surface area contributed by atoms with E-state index in [9.17, 15) is 9.18 Å². The van der Waals surface area contributed by atoms with Gasteiger partial charge in [0.25, 0.3) is 5.91 Å². The van der Waals surface area contributed by atoms with Crippen molar-refractivity contribution in [2.24, 2.45) is 0 Å². The predicted molar refractivity (Wildman–Crippen MR) is 131 cm³/mol. The van der Waals surface area contributed by atoms with E-state index in [4.69, 9.17) is 0 Å². The zero-order valence-corrected chi connectivity index (χ0v) is 18.6. The van der Waals surface area contributed by atoms with Crippen LogP contribution >= 0.6 is 0 Å². The number of amides is 1. The van der Waals surface area contributed by atoms with Crippen molar-refractivity contribution in [3.63, 3.8) is 0 Å². The van der Waals surface area contributed by atoms with Gasteiger partial charge in [0.15, 0.2) is 0 Å². The van der Waals surface area contributed by atoms with Crippen molar-refractivity contribution in [3.05, 3.63) is 72.7 Å². The van der Waals surface area contributed by atoms with Crippen LogP contribution in [0.3, 0.4) is 0 Å². The highest BCUT2D eigenvalue weighted by molar-refractivity contribution is 5.99. The Kier molecular flexibility index (Phi) is 7.61. The number of anilines is 5. The summed E-state index contributed by atoms with van der Waals surface area (Å²) in [5, 5.41) is 15.7. The number of halogens is 1. The SMILES string of the molecule is C=CCNC(=O)c1cnc(Nc2ccc(F)cc2)nc1Nc1cccc(NC2CCNCC2)n1. The Bertz CT molecular complexity index is 1130. The number of hydrogen-bond donors (Lipinski definition) is 5. The van der Waals surface area contributed by atoms with Gasteiger partial charge in [-0.2, -0.15) is 4.98 Å². The molecule has 0 aliphatic carbocycles. The number of aromatic nitrogens is 3. The number of benzene rings is 1. The Morgan fingerprint density at radius 1 is 1.09 bits per heavy atom. The van der Waals surface area contributed by atoms with Gasteiger partial charge in [0.05, 0.1) is 0 Å². The summed E-state index contributed by atoms with van der Waals surface area (Å²) < 4.78 is 13.2. The van der Waals surface area contributed by atoms with Gasteiger partial charge in [0, 0.05) is 24.5 Å². The first-order valence-electron chi connectivity index (χ1n) is 11.1. The predicted octanol–water partition coefficient (Wildman–Crippen LogP) is 3.58. The van der Waals surface area contributed by atoms with Crippen LogP contribution in [-0.4, -0.2) is 46.5 Å². The minimum Gasteiger partial charge on any atom is -0.367 e. The van der Waals surface area contributed by atoms with E-state index >= 15 is 0 Å². The van der Waals surface area contributed by atoms with Crippen LogP contribution < -0.4 is 26.6 Å². The average molecular weight is 463 g/mol. The monoisotopic (exact) mass is 462 g/mol. The van der Waals surface area contributed by atoms with Gasteiger partial charge in [0.1, 0.15) is 28.8 Å². The maximum atomic E-state index is 13.2. The molecular formula is C24H27FN8O. The van der Waals surface area contributed by atoms with Crippen LogP contribution in [0.2, 0.25) is 0 Å². The molecule has 3 aromatic rings. The second-order valence-electron chi connectivity index (χ2n) is 7.79. The van der Waals surface area contributed by atoms with E-state index in [1.165, 1.54) is 18.3 Å². The first kappa shape index (κ1) is 23.1. The fraction of sp³-hybridized carbons (Fsp3) is 0.250. The van der Waals surface area contributed by atoms with Gasteiger partial charge >= 0.3 is 0 Å². The lowest BCUT2D eigenvalue weighted by molar-refractivity contribution is 0.0958. The molecular weight excluding hydrogens is 435 g/mol. The quantitative estimate of drug-likeness (QED) is 0.307. The maximum absolute atomic E-state index is 13.2. The highest BCUT2D eigenvalue weighted by atomic mass is 19.1. The Labute approximate surface area is 197 Å². The molecule has 176 valence electrons. The van der Waals surface area contributed by atoms with Crippen molar-refractivity contribution in [2.75, 3.05) is 35.6 Å². The fourth-order valence-corrected chi connectivity index (χ4v) is 3.51. The molecule has 1 aromatic carbocycles. The number of nitrogens with zero attached hydrogens (tertiary/aromatic N) is 3. The molecule has 0 spiro atoms. The molecule has 4 rings (SSSR count). The molecule has 1 aliphatic rings. The summed E-state index contributed by atoms with van der Waals surface area (Å²) in [5.41, 5.74) is 0.868. The summed E-state index contributed by atoms with van der Waals surface area (Å²) in [6, 6.07) is 11.8. The molecule has 34 heavy (non-hydrogen) atoms. The van der Waals surface area contributed by atoms with Crippen molar-refractivity contribution < 1.29 is 9.18 Å². The zero-order valence-electron chi connectivity index (χ0n) is 18.6. The number of rotatable bonds is 9. The maximum Gasteiger partial charge on any atom is 0.256 e. The lowest BCUT2D eigenvalue weighted by Gasteiger charge is -2.24. The summed E-state index contributed by atoms with van der Waals surface area (Å²) in [6.45, 7) is 5.88. The normalized spacial score (nSPS) is 13.7. The van der Waals surface area contributed by atoms with Gasteiger partial charge in [-0.15, -0.1) is 6.58 Å². The van der Waals surface area contributed by atoms with Crippen LogP contribution in [-0.2, 0) is 0 Å². The number of carbonyl (C=O) groups excluding carboxylic acids is 1. The van der Waals surface area contributed by atoms with Gasteiger partial charge in [-0.3, -0.25) is 4.79 Å². The molecule has 1 fully saturated rings. The van der Waals surface area contributed by atoms with E-state index in [0.29, 0.717) is 24.1 Å². The van der Waals surface area contributed by atoms with Gasteiger partial charge < -0.3 is 26.6 Å². The molecule has 1 saturated heterocycles. The molecule has 2 aromatic heterocycles. The largest absolute Gasteiger partial charge is 0.367 e. The van der Waals surface area contributed by atoms with Gasteiger partial charge in [-0.1, -0.05) is 12.1 Å². The Morgan fingerprint density at radius 2 is 1.85 bits per heavy atom. The van der Waals surface area contributed by atoms with Crippen molar-refractivity contribution in [2.45, 2.75) is 18.9 Å². The molecule has 0 bridgehead atoms. The number of pyridine rings is 1. The van der Waals surface area contributed by atoms with Gasteiger partial charge in [-0.05, 0) is 62.3 Å². The summed E-state index contributed by atoms with van der Waals surface area (Å²) in [6.07, 6.45) is 5.07. The molecule has 0 saturated carbocycles. The van der Waals surface area contributed by atoms with Crippen LogP contribution in [0.4, 0.5) is 33.5 Å². The van der Waals surface area contributed by atoms with Crippen LogP contribution in [0.15, 0.2) is 61.3 Å². The van der Waals surface area contributed by atoms with Gasteiger partial charge in [-0.25, -0.2) is 14.4 Å². The summed E-state index contributed by atoms with van der Waals surface area (Å²) in [7, 11) is 0. The van der Waals surface area contributed by atoms with E-state index in [2.05, 4.69) is 48.1 Å². The topological polar surface area (TPSA) is 116 Å². The van der Waals surface area contributed by atoms with Crippen LogP contribution in [0.5, 0.6) is 0 Å². The van der Waals surface area contributed by atoms with Crippen molar-refractivity contribution in [3.8, 4) is 0 Å². The minimum absolute atomic E-state index is 0.248.